The van der Waals surface area contributed by atoms with Crippen LogP contribution in [0.4, 0.5) is 0 Å². The summed E-state index contributed by atoms with van der Waals surface area (Å²) in [7, 11) is 1.43. The quantitative estimate of drug-likeness (QED) is 0.328. The maximum absolute atomic E-state index is 11.2. The predicted octanol–water partition coefficient (Wildman–Crippen LogP) is 4.16. The number of hydrogen-bond donors (Lipinski definition) is 2. The van der Waals surface area contributed by atoms with Crippen molar-refractivity contribution in [1.82, 2.24) is 0 Å². The number of rotatable bonds is 11. The van der Waals surface area contributed by atoms with Gasteiger partial charge in [0.15, 0.2) is 0 Å². The van der Waals surface area contributed by atoms with Crippen molar-refractivity contribution in [3.63, 3.8) is 0 Å². The number of esters is 1. The van der Waals surface area contributed by atoms with E-state index in [1.54, 1.807) is 0 Å². The summed E-state index contributed by atoms with van der Waals surface area (Å²) in [5, 5.41) is 20.5. The molecule has 2 aliphatic rings. The molecule has 0 bridgehead atoms. The van der Waals surface area contributed by atoms with Gasteiger partial charge in [-0.05, 0) is 50.4 Å². The van der Waals surface area contributed by atoms with E-state index in [0.29, 0.717) is 18.3 Å². The minimum absolute atomic E-state index is 0.131. The molecule has 2 N–H and O–H groups in total. The van der Waals surface area contributed by atoms with Gasteiger partial charge in [0.25, 0.3) is 0 Å². The molecule has 5 atom stereocenters. The molecule has 0 aliphatic heterocycles. The Morgan fingerprint density at radius 3 is 2.88 bits per heavy atom. The van der Waals surface area contributed by atoms with Crippen LogP contribution >= 0.6 is 0 Å². The van der Waals surface area contributed by atoms with Gasteiger partial charge in [-0.1, -0.05) is 50.0 Å². The third-order valence-electron chi connectivity index (χ3n) is 5.97. The summed E-state index contributed by atoms with van der Waals surface area (Å²) < 4.78 is 4.68. The van der Waals surface area contributed by atoms with Gasteiger partial charge in [0.2, 0.25) is 0 Å². The molecule has 148 valence electrons. The first-order chi connectivity index (χ1) is 12.5. The number of fused-ring (bicyclic) bond motifs is 1. The van der Waals surface area contributed by atoms with Crippen molar-refractivity contribution < 1.29 is 19.7 Å². The van der Waals surface area contributed by atoms with Gasteiger partial charge in [-0.25, -0.2) is 0 Å². The zero-order chi connectivity index (χ0) is 18.9. The standard InChI is InChI=1S/C22H36O4/c1-3-4-5-9-18(23)11-12-19-20-14-16(13-17(20)15-21(19)24)8-6-7-10-22(25)26-2/h11-13,17-21,23-24H,3-10,14-15H2,1-2H3/t17-,18-,19+,20-,21+/m1/s1. The van der Waals surface area contributed by atoms with E-state index in [-0.39, 0.29) is 24.1 Å². The average Bonchev–Trinajstić information content (AvgIpc) is 3.13. The van der Waals surface area contributed by atoms with Crippen molar-refractivity contribution >= 4 is 5.97 Å². The number of aliphatic hydroxyl groups is 2. The summed E-state index contributed by atoms with van der Waals surface area (Å²) in [4.78, 5) is 11.2. The summed E-state index contributed by atoms with van der Waals surface area (Å²) in [6, 6.07) is 0. The van der Waals surface area contributed by atoms with Crippen LogP contribution in [0.2, 0.25) is 0 Å². The molecule has 4 heteroatoms. The SMILES string of the molecule is CCCCC[C@@H](O)C=C[C@H]1[C@@H]2CC(CCCCC(=O)OC)=C[C@@H]2C[C@@H]1O. The number of hydrogen-bond acceptors (Lipinski definition) is 4. The molecular weight excluding hydrogens is 328 g/mol. The second-order valence-corrected chi connectivity index (χ2v) is 7.97. The number of carbonyl (C=O) groups is 1. The maximum Gasteiger partial charge on any atom is 0.305 e. The first kappa shape index (κ1) is 21.2. The first-order valence-corrected chi connectivity index (χ1v) is 10.4. The van der Waals surface area contributed by atoms with Gasteiger partial charge < -0.3 is 14.9 Å². The smallest absolute Gasteiger partial charge is 0.305 e. The molecule has 26 heavy (non-hydrogen) atoms. The van der Waals surface area contributed by atoms with Crippen molar-refractivity contribution in [2.45, 2.75) is 83.3 Å². The summed E-state index contributed by atoms with van der Waals surface area (Å²) in [6.45, 7) is 2.16. The molecule has 1 fully saturated rings. The Morgan fingerprint density at radius 1 is 1.35 bits per heavy atom. The molecule has 1 saturated carbocycles. The lowest BCUT2D eigenvalue weighted by molar-refractivity contribution is -0.140. The van der Waals surface area contributed by atoms with Gasteiger partial charge in [0.1, 0.15) is 0 Å². The van der Waals surface area contributed by atoms with E-state index in [4.69, 9.17) is 0 Å². The third-order valence-corrected chi connectivity index (χ3v) is 5.97. The lowest BCUT2D eigenvalue weighted by atomic mass is 9.88. The Balaban J connectivity index is 1.76. The van der Waals surface area contributed by atoms with Crippen LogP contribution < -0.4 is 0 Å². The molecule has 0 heterocycles. The van der Waals surface area contributed by atoms with E-state index < -0.39 is 0 Å². The highest BCUT2D eigenvalue weighted by molar-refractivity contribution is 5.68. The highest BCUT2D eigenvalue weighted by atomic mass is 16.5. The van der Waals surface area contributed by atoms with Gasteiger partial charge in [0, 0.05) is 12.3 Å². The molecule has 0 aromatic rings. The van der Waals surface area contributed by atoms with Crippen molar-refractivity contribution in [3.05, 3.63) is 23.8 Å². The second kappa shape index (κ2) is 10.9. The summed E-state index contributed by atoms with van der Waals surface area (Å²) >= 11 is 0. The molecule has 0 amide bonds. The molecule has 2 rings (SSSR count). The number of aliphatic hydroxyl groups excluding tert-OH is 2. The molecular formula is C22H36O4. The second-order valence-electron chi connectivity index (χ2n) is 7.97. The van der Waals surface area contributed by atoms with Crippen LogP contribution in [0.25, 0.3) is 0 Å². The Bertz CT molecular complexity index is 496. The third kappa shape index (κ3) is 6.24. The number of ether oxygens (including phenoxy) is 1. The number of carbonyl (C=O) groups excluding carboxylic acids is 1. The van der Waals surface area contributed by atoms with E-state index >= 15 is 0 Å². The normalized spacial score (nSPS) is 29.0. The van der Waals surface area contributed by atoms with Crippen molar-refractivity contribution in [2.75, 3.05) is 7.11 Å². The number of methoxy groups -OCH3 is 1. The van der Waals surface area contributed by atoms with Crippen molar-refractivity contribution in [2.24, 2.45) is 17.8 Å². The fourth-order valence-electron chi connectivity index (χ4n) is 4.47. The van der Waals surface area contributed by atoms with Crippen molar-refractivity contribution in [1.29, 1.82) is 0 Å². The minimum Gasteiger partial charge on any atom is -0.469 e. The Labute approximate surface area is 158 Å². The topological polar surface area (TPSA) is 66.8 Å². The molecule has 0 spiro atoms. The Hall–Kier alpha value is -1.13. The van der Waals surface area contributed by atoms with E-state index in [1.165, 1.54) is 12.7 Å². The summed E-state index contributed by atoms with van der Waals surface area (Å²) in [6.07, 6.45) is 15.1. The van der Waals surface area contributed by atoms with Gasteiger partial charge >= 0.3 is 5.97 Å². The predicted molar refractivity (Wildman–Crippen MR) is 104 cm³/mol. The van der Waals surface area contributed by atoms with Crippen LogP contribution in [-0.2, 0) is 9.53 Å². The van der Waals surface area contributed by atoms with Crippen LogP contribution in [0.5, 0.6) is 0 Å². The lowest BCUT2D eigenvalue weighted by Crippen LogP contribution is -2.18. The van der Waals surface area contributed by atoms with Crippen LogP contribution in [0.15, 0.2) is 23.8 Å². The maximum atomic E-state index is 11.2. The zero-order valence-electron chi connectivity index (χ0n) is 16.4. The highest BCUT2D eigenvalue weighted by Crippen LogP contribution is 2.48. The molecule has 2 aliphatic carbocycles. The van der Waals surface area contributed by atoms with Crippen LogP contribution in [0, 0.1) is 17.8 Å². The summed E-state index contributed by atoms with van der Waals surface area (Å²) in [5.41, 5.74) is 1.47. The lowest BCUT2D eigenvalue weighted by Gasteiger charge is -2.19. The van der Waals surface area contributed by atoms with Crippen LogP contribution in [-0.4, -0.2) is 35.5 Å². The monoisotopic (exact) mass is 364 g/mol. The largest absolute Gasteiger partial charge is 0.469 e. The highest BCUT2D eigenvalue weighted by Gasteiger charge is 2.43. The van der Waals surface area contributed by atoms with Gasteiger partial charge in [0.05, 0.1) is 19.3 Å². The molecule has 0 aromatic carbocycles. The molecule has 0 unspecified atom stereocenters. The Morgan fingerprint density at radius 2 is 2.15 bits per heavy atom. The van der Waals surface area contributed by atoms with E-state index in [9.17, 15) is 15.0 Å². The van der Waals surface area contributed by atoms with Gasteiger partial charge in [-0.15, -0.1) is 0 Å². The van der Waals surface area contributed by atoms with E-state index in [0.717, 1.165) is 57.8 Å². The van der Waals surface area contributed by atoms with Crippen LogP contribution in [0.3, 0.4) is 0 Å². The minimum atomic E-state index is -0.389. The molecule has 0 aromatic heterocycles. The van der Waals surface area contributed by atoms with E-state index in [1.807, 2.05) is 6.08 Å². The summed E-state index contributed by atoms with van der Waals surface area (Å²) in [5.74, 6) is 0.963. The number of allylic oxidation sites excluding steroid dienone is 2. The number of unbranched alkanes of at least 4 members (excludes halogenated alkanes) is 3. The average molecular weight is 365 g/mol. The zero-order valence-corrected chi connectivity index (χ0v) is 16.4. The van der Waals surface area contributed by atoms with Crippen molar-refractivity contribution in [3.8, 4) is 0 Å². The molecule has 4 nitrogen and oxygen atoms in total. The first-order valence-electron chi connectivity index (χ1n) is 10.4. The van der Waals surface area contributed by atoms with Gasteiger partial charge in [-0.2, -0.15) is 0 Å². The molecule has 0 saturated heterocycles. The van der Waals surface area contributed by atoms with Gasteiger partial charge in [-0.3, -0.25) is 4.79 Å². The molecule has 0 radical (unpaired) electrons. The van der Waals surface area contributed by atoms with E-state index in [2.05, 4.69) is 23.8 Å². The Kier molecular flexibility index (Phi) is 8.86. The fourth-order valence-corrected chi connectivity index (χ4v) is 4.47. The van der Waals surface area contributed by atoms with Crippen LogP contribution in [0.1, 0.15) is 71.1 Å². The fraction of sp³-hybridized carbons (Fsp3) is 0.773.